The summed E-state index contributed by atoms with van der Waals surface area (Å²) in [5, 5.41) is 3.13. The average Bonchev–Trinajstić information content (AvgIpc) is 2.54. The Morgan fingerprint density at radius 3 is 2.37 bits per heavy atom. The van der Waals surface area contributed by atoms with Crippen molar-refractivity contribution in [3.63, 3.8) is 0 Å². The highest BCUT2D eigenvalue weighted by atomic mass is 16.6. The second kappa shape index (κ2) is 8.77. The molecule has 0 saturated heterocycles. The van der Waals surface area contributed by atoms with Gasteiger partial charge in [-0.05, 0) is 65.2 Å². The summed E-state index contributed by atoms with van der Waals surface area (Å²) in [5.74, 6) is 0.162. The predicted molar refractivity (Wildman–Crippen MR) is 106 cm³/mol. The van der Waals surface area contributed by atoms with Crippen molar-refractivity contribution in [3.05, 3.63) is 29.8 Å². The molecule has 0 bridgehead atoms. The zero-order valence-electron chi connectivity index (χ0n) is 17.3. The van der Waals surface area contributed by atoms with E-state index in [9.17, 15) is 9.59 Å². The molecule has 2 rings (SSSR count). The van der Waals surface area contributed by atoms with Crippen molar-refractivity contribution >= 4 is 11.9 Å². The lowest BCUT2D eigenvalue weighted by molar-refractivity contribution is -0.170. The maximum absolute atomic E-state index is 12.4. The summed E-state index contributed by atoms with van der Waals surface area (Å²) < 4.78 is 11.3. The van der Waals surface area contributed by atoms with E-state index in [1.54, 1.807) is 19.9 Å². The third-order valence-electron chi connectivity index (χ3n) is 4.50. The first-order valence-corrected chi connectivity index (χ1v) is 9.86. The topological polar surface area (TPSA) is 64.6 Å². The molecule has 5 nitrogen and oxygen atoms in total. The van der Waals surface area contributed by atoms with Crippen LogP contribution < -0.4 is 10.1 Å². The van der Waals surface area contributed by atoms with Crippen LogP contribution in [-0.4, -0.2) is 29.1 Å². The lowest BCUT2D eigenvalue weighted by atomic mass is 9.95. The highest BCUT2D eigenvalue weighted by molar-refractivity contribution is 5.80. The fraction of sp³-hybridized carbons (Fsp3) is 0.636. The molecule has 1 aromatic carbocycles. The zero-order chi connectivity index (χ0) is 20.1. The van der Waals surface area contributed by atoms with Crippen molar-refractivity contribution in [1.29, 1.82) is 0 Å². The Kier molecular flexibility index (Phi) is 6.90. The molecule has 1 aromatic rings. The summed E-state index contributed by atoms with van der Waals surface area (Å²) in [6.45, 7) is 8.85. The monoisotopic (exact) mass is 375 g/mol. The van der Waals surface area contributed by atoms with Crippen molar-refractivity contribution in [2.24, 2.45) is 0 Å². The van der Waals surface area contributed by atoms with Crippen LogP contribution in [0.15, 0.2) is 24.3 Å². The maximum atomic E-state index is 12.4. The van der Waals surface area contributed by atoms with E-state index in [1.165, 1.54) is 19.3 Å². The van der Waals surface area contributed by atoms with E-state index in [4.69, 9.17) is 9.47 Å². The molecule has 1 fully saturated rings. The number of esters is 1. The number of carbonyl (C=O) groups excluding carboxylic acids is 2. The molecule has 0 heterocycles. The van der Waals surface area contributed by atoms with E-state index in [0.717, 1.165) is 18.4 Å². The van der Waals surface area contributed by atoms with Gasteiger partial charge in [-0.3, -0.25) is 4.79 Å². The van der Waals surface area contributed by atoms with Crippen LogP contribution >= 0.6 is 0 Å². The molecule has 1 aliphatic rings. The van der Waals surface area contributed by atoms with Gasteiger partial charge in [-0.2, -0.15) is 0 Å². The molecule has 0 aliphatic heterocycles. The van der Waals surface area contributed by atoms with E-state index in [1.807, 2.05) is 39.0 Å². The van der Waals surface area contributed by atoms with Crippen molar-refractivity contribution in [2.75, 3.05) is 0 Å². The predicted octanol–water partition coefficient (Wildman–Crippen LogP) is 4.18. The van der Waals surface area contributed by atoms with Gasteiger partial charge in [0.05, 0.1) is 6.42 Å². The second-order valence-electron chi connectivity index (χ2n) is 8.84. The van der Waals surface area contributed by atoms with E-state index in [0.29, 0.717) is 18.2 Å². The number of benzene rings is 1. The van der Waals surface area contributed by atoms with Crippen molar-refractivity contribution in [2.45, 2.75) is 90.4 Å². The van der Waals surface area contributed by atoms with Crippen LogP contribution in [0.5, 0.6) is 5.75 Å². The Morgan fingerprint density at radius 2 is 1.74 bits per heavy atom. The maximum Gasteiger partial charge on any atom is 0.350 e. The van der Waals surface area contributed by atoms with Crippen LogP contribution in [-0.2, 0) is 20.7 Å². The van der Waals surface area contributed by atoms with Crippen LogP contribution in [0.4, 0.5) is 0 Å². The summed E-state index contributed by atoms with van der Waals surface area (Å²) in [4.78, 5) is 24.7. The van der Waals surface area contributed by atoms with Crippen molar-refractivity contribution in [1.82, 2.24) is 5.32 Å². The van der Waals surface area contributed by atoms with Gasteiger partial charge < -0.3 is 14.8 Å². The minimum absolute atomic E-state index is 0.0328. The SMILES string of the molecule is CC(C)(C)OC(=O)C(C)(C)Oc1cccc(CC(=O)NC2CCCCC2)c1. The molecule has 150 valence electrons. The van der Waals surface area contributed by atoms with E-state index in [2.05, 4.69) is 5.32 Å². The Hall–Kier alpha value is -2.04. The molecular formula is C22H33NO4. The fourth-order valence-electron chi connectivity index (χ4n) is 3.17. The number of hydrogen-bond acceptors (Lipinski definition) is 4. The number of ether oxygens (including phenoxy) is 2. The van der Waals surface area contributed by atoms with Gasteiger partial charge in [0, 0.05) is 6.04 Å². The highest BCUT2D eigenvalue weighted by Crippen LogP contribution is 2.23. The second-order valence-corrected chi connectivity index (χ2v) is 8.84. The summed E-state index contributed by atoms with van der Waals surface area (Å²) in [6, 6.07) is 7.63. The lowest BCUT2D eigenvalue weighted by Gasteiger charge is -2.29. The van der Waals surface area contributed by atoms with Gasteiger partial charge in [0.2, 0.25) is 5.91 Å². The third kappa shape index (κ3) is 7.24. The van der Waals surface area contributed by atoms with Gasteiger partial charge in [-0.25, -0.2) is 4.79 Å². The first-order valence-electron chi connectivity index (χ1n) is 9.86. The molecule has 5 heteroatoms. The van der Waals surface area contributed by atoms with Crippen LogP contribution in [0.25, 0.3) is 0 Å². The first-order chi connectivity index (χ1) is 12.5. The van der Waals surface area contributed by atoms with Gasteiger partial charge in [0.1, 0.15) is 11.4 Å². The Balaban J connectivity index is 1.95. The van der Waals surface area contributed by atoms with Gasteiger partial charge in [-0.1, -0.05) is 31.4 Å². The molecule has 1 aliphatic carbocycles. The summed E-state index contributed by atoms with van der Waals surface area (Å²) in [5.41, 5.74) is -0.826. The number of rotatable bonds is 6. The summed E-state index contributed by atoms with van der Waals surface area (Å²) in [7, 11) is 0. The lowest BCUT2D eigenvalue weighted by Crippen LogP contribution is -2.43. The molecule has 0 radical (unpaired) electrons. The highest BCUT2D eigenvalue weighted by Gasteiger charge is 2.34. The van der Waals surface area contributed by atoms with Gasteiger partial charge in [-0.15, -0.1) is 0 Å². The molecule has 27 heavy (non-hydrogen) atoms. The fourth-order valence-corrected chi connectivity index (χ4v) is 3.17. The minimum atomic E-state index is -1.11. The smallest absolute Gasteiger partial charge is 0.350 e. The largest absolute Gasteiger partial charge is 0.476 e. The van der Waals surface area contributed by atoms with Gasteiger partial charge in [0.25, 0.3) is 0 Å². The third-order valence-corrected chi connectivity index (χ3v) is 4.50. The number of nitrogens with one attached hydrogen (secondary N) is 1. The van der Waals surface area contributed by atoms with E-state index >= 15 is 0 Å². The molecule has 0 aromatic heterocycles. The molecule has 1 N–H and O–H groups in total. The molecule has 0 atom stereocenters. The van der Waals surface area contributed by atoms with Gasteiger partial charge >= 0.3 is 5.97 Å². The van der Waals surface area contributed by atoms with Gasteiger partial charge in [0.15, 0.2) is 5.60 Å². The molecule has 0 spiro atoms. The Morgan fingerprint density at radius 1 is 1.07 bits per heavy atom. The minimum Gasteiger partial charge on any atom is -0.476 e. The summed E-state index contributed by atoms with van der Waals surface area (Å²) >= 11 is 0. The molecular weight excluding hydrogens is 342 g/mol. The molecule has 1 saturated carbocycles. The summed E-state index contributed by atoms with van der Waals surface area (Å²) in [6.07, 6.45) is 6.08. The zero-order valence-corrected chi connectivity index (χ0v) is 17.3. The standard InChI is InChI=1S/C22H33NO4/c1-21(2,3)27-20(25)22(4,5)26-18-13-9-10-16(14-18)15-19(24)23-17-11-7-6-8-12-17/h9-10,13-14,17H,6-8,11-12,15H2,1-5H3,(H,23,24). The number of hydrogen-bond donors (Lipinski definition) is 1. The van der Waals surface area contributed by atoms with Crippen molar-refractivity contribution in [3.8, 4) is 5.75 Å². The normalized spacial score (nSPS) is 15.9. The average molecular weight is 376 g/mol. The quantitative estimate of drug-likeness (QED) is 0.758. The van der Waals surface area contributed by atoms with Crippen LogP contribution in [0.1, 0.15) is 72.3 Å². The van der Waals surface area contributed by atoms with Crippen LogP contribution in [0.3, 0.4) is 0 Å². The van der Waals surface area contributed by atoms with E-state index < -0.39 is 17.2 Å². The van der Waals surface area contributed by atoms with Crippen molar-refractivity contribution < 1.29 is 19.1 Å². The Bertz CT molecular complexity index is 655. The first kappa shape index (κ1) is 21.3. The number of carbonyl (C=O) groups is 2. The number of amides is 1. The molecule has 1 amide bonds. The molecule has 0 unspecified atom stereocenters. The van der Waals surface area contributed by atoms with Crippen LogP contribution in [0, 0.1) is 0 Å². The Labute approximate surface area is 162 Å². The van der Waals surface area contributed by atoms with E-state index in [-0.39, 0.29) is 5.91 Å². The van der Waals surface area contributed by atoms with Crippen LogP contribution in [0.2, 0.25) is 0 Å².